The summed E-state index contributed by atoms with van der Waals surface area (Å²) < 4.78 is 11.1. The van der Waals surface area contributed by atoms with Crippen LogP contribution in [0.5, 0.6) is 5.75 Å². The van der Waals surface area contributed by atoms with Crippen LogP contribution in [0.3, 0.4) is 0 Å². The van der Waals surface area contributed by atoms with Crippen LogP contribution in [0.4, 0.5) is 5.69 Å². The maximum Gasteiger partial charge on any atom is 0.266 e. The number of carbonyl (C=O) groups is 1. The number of carbonyl (C=O) groups excluding carboxylic acids is 1. The quantitative estimate of drug-likeness (QED) is 0.490. The molecule has 6 heteroatoms. The van der Waals surface area contributed by atoms with Crippen molar-refractivity contribution < 1.29 is 13.9 Å². The minimum absolute atomic E-state index is 0.0384. The number of methoxy groups -OCH3 is 1. The van der Waals surface area contributed by atoms with Gasteiger partial charge in [-0.25, -0.2) is 0 Å². The third-order valence-corrected chi connectivity index (χ3v) is 3.15. The summed E-state index contributed by atoms with van der Waals surface area (Å²) in [7, 11) is 1.54. The summed E-state index contributed by atoms with van der Waals surface area (Å²) in [6.45, 7) is 0. The molecule has 0 radical (unpaired) electrons. The summed E-state index contributed by atoms with van der Waals surface area (Å²) in [6.07, 6.45) is 1.40. The van der Waals surface area contributed by atoms with Gasteiger partial charge in [0.15, 0.2) is 3.77 Å². The number of ether oxygens (including phenoxy) is 1. The van der Waals surface area contributed by atoms with Crippen molar-refractivity contribution >= 4 is 40.3 Å². The van der Waals surface area contributed by atoms with Crippen molar-refractivity contribution in [1.29, 1.82) is 5.26 Å². The standard InChI is InChI=1S/C15H11IN2O3/c1-20-12-4-2-3-11(8-12)18-15(19)10(9-17)7-13-5-6-14(16)21-13/h2-8H,1H3,(H,18,19)/b10-7-. The number of nitrogens with one attached hydrogen (secondary N) is 1. The van der Waals surface area contributed by atoms with Gasteiger partial charge in [0.25, 0.3) is 5.91 Å². The molecule has 5 nitrogen and oxygen atoms in total. The van der Waals surface area contributed by atoms with E-state index >= 15 is 0 Å². The number of hydrogen-bond donors (Lipinski definition) is 1. The van der Waals surface area contributed by atoms with Crippen molar-refractivity contribution in [2.24, 2.45) is 0 Å². The fourth-order valence-corrected chi connectivity index (χ4v) is 2.03. The molecule has 0 unspecified atom stereocenters. The fourth-order valence-electron chi connectivity index (χ4n) is 1.60. The lowest BCUT2D eigenvalue weighted by Gasteiger charge is -2.06. The lowest BCUT2D eigenvalue weighted by Crippen LogP contribution is -2.13. The first kappa shape index (κ1) is 15.1. The number of halogens is 1. The molecule has 0 saturated heterocycles. The van der Waals surface area contributed by atoms with Crippen LogP contribution in [0.2, 0.25) is 0 Å². The molecule has 0 bridgehead atoms. The second kappa shape index (κ2) is 6.95. The summed E-state index contributed by atoms with van der Waals surface area (Å²) in [4.78, 5) is 12.1. The third kappa shape index (κ3) is 4.10. The second-order valence-corrected chi connectivity index (χ2v) is 5.06. The average molecular weight is 394 g/mol. The van der Waals surface area contributed by atoms with E-state index in [1.807, 2.05) is 28.7 Å². The lowest BCUT2D eigenvalue weighted by molar-refractivity contribution is -0.112. The van der Waals surface area contributed by atoms with Crippen LogP contribution in [-0.4, -0.2) is 13.0 Å². The van der Waals surface area contributed by atoms with Gasteiger partial charge in [-0.05, 0) is 46.9 Å². The highest BCUT2D eigenvalue weighted by molar-refractivity contribution is 14.1. The number of nitriles is 1. The Morgan fingerprint density at radius 2 is 2.24 bits per heavy atom. The summed E-state index contributed by atoms with van der Waals surface area (Å²) >= 11 is 2.01. The molecule has 0 aliphatic rings. The summed E-state index contributed by atoms with van der Waals surface area (Å²) in [5, 5.41) is 11.7. The molecule has 0 aliphatic heterocycles. The monoisotopic (exact) mass is 394 g/mol. The molecular formula is C15H11IN2O3. The zero-order valence-electron chi connectivity index (χ0n) is 11.1. The zero-order chi connectivity index (χ0) is 15.2. The van der Waals surface area contributed by atoms with Gasteiger partial charge in [0.1, 0.15) is 23.2 Å². The SMILES string of the molecule is COc1cccc(NC(=O)/C(C#N)=C\c2ccc(I)o2)c1. The Bertz CT molecular complexity index is 729. The molecule has 106 valence electrons. The van der Waals surface area contributed by atoms with Gasteiger partial charge in [0, 0.05) is 17.8 Å². The highest BCUT2D eigenvalue weighted by Crippen LogP contribution is 2.18. The van der Waals surface area contributed by atoms with E-state index in [2.05, 4.69) is 5.32 Å². The Balaban J connectivity index is 2.17. The van der Waals surface area contributed by atoms with Crippen molar-refractivity contribution in [2.45, 2.75) is 0 Å². The van der Waals surface area contributed by atoms with Gasteiger partial charge in [-0.3, -0.25) is 4.79 Å². The number of rotatable bonds is 4. The van der Waals surface area contributed by atoms with Crippen LogP contribution in [0.25, 0.3) is 6.08 Å². The highest BCUT2D eigenvalue weighted by Gasteiger charge is 2.11. The van der Waals surface area contributed by atoms with Crippen molar-refractivity contribution in [3.05, 3.63) is 51.5 Å². The number of nitrogens with zero attached hydrogens (tertiary/aromatic N) is 1. The maximum atomic E-state index is 12.1. The summed E-state index contributed by atoms with van der Waals surface area (Å²) in [6, 6.07) is 12.2. The van der Waals surface area contributed by atoms with E-state index in [1.165, 1.54) is 6.08 Å². The molecule has 0 saturated carbocycles. The smallest absolute Gasteiger partial charge is 0.266 e. The Hall–Kier alpha value is -2.27. The fraction of sp³-hybridized carbons (Fsp3) is 0.0667. The molecule has 1 aromatic carbocycles. The van der Waals surface area contributed by atoms with Crippen molar-refractivity contribution in [3.8, 4) is 11.8 Å². The molecule has 0 atom stereocenters. The van der Waals surface area contributed by atoms with E-state index in [0.717, 1.165) is 0 Å². The molecule has 1 aromatic heterocycles. The van der Waals surface area contributed by atoms with E-state index in [4.69, 9.17) is 14.4 Å². The molecule has 1 amide bonds. The van der Waals surface area contributed by atoms with Crippen LogP contribution in [0.15, 0.2) is 46.4 Å². The van der Waals surface area contributed by atoms with Crippen LogP contribution >= 0.6 is 22.6 Å². The Labute approximate surface area is 135 Å². The first-order valence-corrected chi connectivity index (χ1v) is 7.03. The normalized spacial score (nSPS) is 10.8. The van der Waals surface area contributed by atoms with E-state index in [-0.39, 0.29) is 5.57 Å². The van der Waals surface area contributed by atoms with Gasteiger partial charge in [0.05, 0.1) is 7.11 Å². The number of furan rings is 1. The second-order valence-electron chi connectivity index (χ2n) is 4.00. The number of hydrogen-bond acceptors (Lipinski definition) is 4. The van der Waals surface area contributed by atoms with Crippen LogP contribution < -0.4 is 10.1 Å². The van der Waals surface area contributed by atoms with Crippen molar-refractivity contribution in [2.75, 3.05) is 12.4 Å². The summed E-state index contributed by atoms with van der Waals surface area (Å²) in [5.41, 5.74) is 0.512. The Morgan fingerprint density at radius 1 is 1.43 bits per heavy atom. The molecule has 0 fully saturated rings. The molecule has 1 N–H and O–H groups in total. The third-order valence-electron chi connectivity index (χ3n) is 2.57. The van der Waals surface area contributed by atoms with Gasteiger partial charge in [-0.2, -0.15) is 5.26 Å². The first-order chi connectivity index (χ1) is 10.1. The van der Waals surface area contributed by atoms with Gasteiger partial charge in [-0.15, -0.1) is 0 Å². The van der Waals surface area contributed by atoms with Gasteiger partial charge >= 0.3 is 0 Å². The molecule has 0 spiro atoms. The molecule has 0 aliphatic carbocycles. The molecule has 2 rings (SSSR count). The molecule has 21 heavy (non-hydrogen) atoms. The summed E-state index contributed by atoms with van der Waals surface area (Å²) in [5.74, 6) is 0.574. The van der Waals surface area contributed by atoms with Crippen LogP contribution in [-0.2, 0) is 4.79 Å². The number of benzene rings is 1. The van der Waals surface area contributed by atoms with Gasteiger partial charge in [-0.1, -0.05) is 6.07 Å². The lowest BCUT2D eigenvalue weighted by atomic mass is 10.2. The van der Waals surface area contributed by atoms with E-state index < -0.39 is 5.91 Å². The van der Waals surface area contributed by atoms with Crippen molar-refractivity contribution in [1.82, 2.24) is 0 Å². The average Bonchev–Trinajstić information content (AvgIpc) is 2.90. The Kier molecular flexibility index (Phi) is 5.00. The largest absolute Gasteiger partial charge is 0.497 e. The highest BCUT2D eigenvalue weighted by atomic mass is 127. The number of amides is 1. The van der Waals surface area contributed by atoms with E-state index in [1.54, 1.807) is 43.5 Å². The minimum Gasteiger partial charge on any atom is -0.497 e. The van der Waals surface area contributed by atoms with Crippen LogP contribution in [0, 0.1) is 15.1 Å². The predicted octanol–water partition coefficient (Wildman–Crippen LogP) is 3.44. The topological polar surface area (TPSA) is 75.3 Å². The zero-order valence-corrected chi connectivity index (χ0v) is 13.2. The van der Waals surface area contributed by atoms with E-state index in [0.29, 0.717) is 21.0 Å². The van der Waals surface area contributed by atoms with Gasteiger partial charge in [0.2, 0.25) is 0 Å². The Morgan fingerprint density at radius 3 is 2.86 bits per heavy atom. The number of anilines is 1. The molecule has 1 heterocycles. The van der Waals surface area contributed by atoms with Crippen molar-refractivity contribution in [3.63, 3.8) is 0 Å². The maximum absolute atomic E-state index is 12.1. The van der Waals surface area contributed by atoms with Gasteiger partial charge < -0.3 is 14.5 Å². The van der Waals surface area contributed by atoms with Crippen LogP contribution in [0.1, 0.15) is 5.76 Å². The minimum atomic E-state index is -0.503. The predicted molar refractivity (Wildman–Crippen MR) is 86.6 cm³/mol. The first-order valence-electron chi connectivity index (χ1n) is 5.95. The molecular weight excluding hydrogens is 383 g/mol. The van der Waals surface area contributed by atoms with E-state index in [9.17, 15) is 4.79 Å². The molecule has 2 aromatic rings.